The summed E-state index contributed by atoms with van der Waals surface area (Å²) in [6.45, 7) is 3.57. The Bertz CT molecular complexity index is 1080. The van der Waals surface area contributed by atoms with Crippen LogP contribution in [0.15, 0.2) is 60.8 Å². The van der Waals surface area contributed by atoms with Crippen molar-refractivity contribution in [3.05, 3.63) is 77.6 Å². The molecule has 2 heterocycles. The van der Waals surface area contributed by atoms with Gasteiger partial charge >= 0.3 is 0 Å². The van der Waals surface area contributed by atoms with Crippen molar-refractivity contribution in [3.8, 4) is 5.75 Å². The summed E-state index contributed by atoms with van der Waals surface area (Å²) < 4.78 is 5.53. The van der Waals surface area contributed by atoms with Gasteiger partial charge in [0.2, 0.25) is 5.95 Å². The smallest absolute Gasteiger partial charge is 0.225 e. The van der Waals surface area contributed by atoms with Crippen LogP contribution in [0, 0.1) is 0 Å². The maximum Gasteiger partial charge on any atom is 0.225 e. The molecular weight excluding hydrogens is 388 g/mol. The Balaban J connectivity index is 1.34. The minimum absolute atomic E-state index is 0.0776. The molecule has 1 aliphatic carbocycles. The highest BCUT2D eigenvalue weighted by Gasteiger charge is 2.30. The number of carbonyl (C=O) groups is 1. The number of ether oxygens (including phenoxy) is 1. The van der Waals surface area contributed by atoms with Crippen molar-refractivity contribution in [2.75, 3.05) is 43.1 Å². The lowest BCUT2D eigenvalue weighted by atomic mass is 9.82. The van der Waals surface area contributed by atoms with Gasteiger partial charge < -0.3 is 14.5 Å². The number of nitrogens with zero attached hydrogens (tertiary/aromatic N) is 4. The van der Waals surface area contributed by atoms with Crippen LogP contribution in [-0.2, 0) is 6.42 Å². The average Bonchev–Trinajstić information content (AvgIpc) is 2.84. The van der Waals surface area contributed by atoms with Crippen molar-refractivity contribution < 1.29 is 9.53 Å². The minimum Gasteiger partial charge on any atom is -0.496 e. The number of para-hydroxylation sites is 2. The molecule has 0 bridgehead atoms. The van der Waals surface area contributed by atoms with Gasteiger partial charge in [-0.05, 0) is 30.2 Å². The molecule has 1 saturated heterocycles. The molecule has 1 aliphatic heterocycles. The van der Waals surface area contributed by atoms with E-state index in [4.69, 9.17) is 9.72 Å². The zero-order valence-electron chi connectivity index (χ0n) is 17.7. The number of rotatable bonds is 4. The van der Waals surface area contributed by atoms with Crippen LogP contribution in [0.3, 0.4) is 0 Å². The van der Waals surface area contributed by atoms with E-state index in [1.165, 1.54) is 5.69 Å². The van der Waals surface area contributed by atoms with Gasteiger partial charge in [0.05, 0.1) is 18.4 Å². The molecule has 0 N–H and O–H groups in total. The molecule has 1 fully saturated rings. The zero-order valence-corrected chi connectivity index (χ0v) is 17.7. The largest absolute Gasteiger partial charge is 0.496 e. The number of Topliss-reactive ketones (excluding diaryl/α,β-unsaturated/α-hetero) is 1. The topological polar surface area (TPSA) is 58.6 Å². The molecule has 0 amide bonds. The molecule has 0 radical (unpaired) electrons. The Hall–Kier alpha value is -3.41. The van der Waals surface area contributed by atoms with Crippen LogP contribution < -0.4 is 14.5 Å². The van der Waals surface area contributed by atoms with Crippen molar-refractivity contribution >= 4 is 17.4 Å². The molecule has 0 saturated carbocycles. The monoisotopic (exact) mass is 414 g/mol. The van der Waals surface area contributed by atoms with Crippen LogP contribution in [0.25, 0.3) is 0 Å². The van der Waals surface area contributed by atoms with Gasteiger partial charge in [0.1, 0.15) is 5.75 Å². The number of carbonyl (C=O) groups excluding carboxylic acids is 1. The highest BCUT2D eigenvalue weighted by Crippen LogP contribution is 2.36. The van der Waals surface area contributed by atoms with E-state index < -0.39 is 0 Å². The van der Waals surface area contributed by atoms with Crippen LogP contribution in [0.2, 0.25) is 0 Å². The second kappa shape index (κ2) is 8.38. The number of fused-ring (bicyclic) bond motifs is 1. The first kappa shape index (κ1) is 19.5. The van der Waals surface area contributed by atoms with E-state index in [2.05, 4.69) is 39.0 Å². The van der Waals surface area contributed by atoms with E-state index in [0.717, 1.165) is 55.6 Å². The lowest BCUT2D eigenvalue weighted by molar-refractivity contribution is 0.0962. The predicted octanol–water partition coefficient (Wildman–Crippen LogP) is 3.72. The fraction of sp³-hybridized carbons (Fsp3) is 0.320. The third-order valence-corrected chi connectivity index (χ3v) is 6.29. The van der Waals surface area contributed by atoms with Crippen LogP contribution in [0.5, 0.6) is 5.75 Å². The first-order chi connectivity index (χ1) is 15.2. The average molecular weight is 415 g/mol. The Kier molecular flexibility index (Phi) is 5.28. The van der Waals surface area contributed by atoms with E-state index in [1.54, 1.807) is 13.3 Å². The van der Waals surface area contributed by atoms with Crippen molar-refractivity contribution in [1.82, 2.24) is 9.97 Å². The number of hydrogen-bond acceptors (Lipinski definition) is 6. The number of anilines is 2. The Morgan fingerprint density at radius 3 is 2.39 bits per heavy atom. The number of aromatic nitrogens is 2. The molecule has 1 atom stereocenters. The minimum atomic E-state index is 0.0776. The van der Waals surface area contributed by atoms with Gasteiger partial charge in [-0.25, -0.2) is 9.97 Å². The Morgan fingerprint density at radius 2 is 1.61 bits per heavy atom. The fourth-order valence-corrected chi connectivity index (χ4v) is 4.61. The van der Waals surface area contributed by atoms with E-state index in [9.17, 15) is 4.79 Å². The first-order valence-electron chi connectivity index (χ1n) is 10.8. The van der Waals surface area contributed by atoms with Gasteiger partial charge in [-0.3, -0.25) is 4.79 Å². The van der Waals surface area contributed by atoms with Crippen LogP contribution in [0.1, 0.15) is 34.0 Å². The zero-order chi connectivity index (χ0) is 21.2. The normalized spacial score (nSPS) is 18.6. The maximum atomic E-state index is 12.8. The summed E-state index contributed by atoms with van der Waals surface area (Å²) in [7, 11) is 1.67. The summed E-state index contributed by atoms with van der Waals surface area (Å²) in [6, 6.07) is 18.4. The number of hydrogen-bond donors (Lipinski definition) is 0. The van der Waals surface area contributed by atoms with Crippen LogP contribution >= 0.6 is 0 Å². The molecule has 2 aromatic carbocycles. The lowest BCUT2D eigenvalue weighted by Crippen LogP contribution is -2.47. The Morgan fingerprint density at radius 1 is 0.903 bits per heavy atom. The van der Waals surface area contributed by atoms with Gasteiger partial charge in [-0.2, -0.15) is 0 Å². The van der Waals surface area contributed by atoms with Crippen molar-refractivity contribution in [2.45, 2.75) is 18.8 Å². The molecule has 1 aromatic heterocycles. The Labute approximate surface area is 182 Å². The van der Waals surface area contributed by atoms with Gasteiger partial charge in [0.25, 0.3) is 0 Å². The number of piperazine rings is 1. The van der Waals surface area contributed by atoms with Gasteiger partial charge in [-0.15, -0.1) is 0 Å². The molecule has 5 rings (SSSR count). The standard InChI is InChI=1S/C25H26N4O2/c1-31-24-10-6-5-9-20(24)18-15-22-21(23(30)16-18)17-26-25(27-22)29-13-11-28(12-14-29)19-7-3-2-4-8-19/h2-10,17-18H,11-16H2,1H3/t18-/m1/s1. The quantitative estimate of drug-likeness (QED) is 0.649. The third kappa shape index (κ3) is 3.85. The van der Waals surface area contributed by atoms with Gasteiger partial charge in [0, 0.05) is 50.4 Å². The van der Waals surface area contributed by atoms with Gasteiger partial charge in [-0.1, -0.05) is 36.4 Å². The third-order valence-electron chi connectivity index (χ3n) is 6.29. The molecule has 0 unspecified atom stereocenters. The second-order valence-electron chi connectivity index (χ2n) is 8.11. The van der Waals surface area contributed by atoms with Crippen LogP contribution in [0.4, 0.5) is 11.6 Å². The highest BCUT2D eigenvalue weighted by molar-refractivity contribution is 5.98. The lowest BCUT2D eigenvalue weighted by Gasteiger charge is -2.36. The van der Waals surface area contributed by atoms with E-state index >= 15 is 0 Å². The summed E-state index contributed by atoms with van der Waals surface area (Å²) in [5.74, 6) is 1.74. The van der Waals surface area contributed by atoms with Crippen molar-refractivity contribution in [2.24, 2.45) is 0 Å². The fourth-order valence-electron chi connectivity index (χ4n) is 4.61. The summed E-state index contributed by atoms with van der Waals surface area (Å²) in [6.07, 6.45) is 2.91. The SMILES string of the molecule is COc1ccccc1[C@H]1CC(=O)c2cnc(N3CCN(c4ccccc4)CC3)nc2C1. The molecule has 3 aromatic rings. The van der Waals surface area contributed by atoms with Gasteiger partial charge in [0.15, 0.2) is 5.78 Å². The molecule has 31 heavy (non-hydrogen) atoms. The summed E-state index contributed by atoms with van der Waals surface area (Å²) >= 11 is 0. The second-order valence-corrected chi connectivity index (χ2v) is 8.11. The molecular formula is C25H26N4O2. The van der Waals surface area contributed by atoms with E-state index in [-0.39, 0.29) is 11.7 Å². The maximum absolute atomic E-state index is 12.8. The van der Waals surface area contributed by atoms with E-state index in [0.29, 0.717) is 12.0 Å². The van der Waals surface area contributed by atoms with Crippen LogP contribution in [-0.4, -0.2) is 49.0 Å². The highest BCUT2D eigenvalue weighted by atomic mass is 16.5. The summed E-state index contributed by atoms with van der Waals surface area (Å²) in [4.78, 5) is 26.8. The van der Waals surface area contributed by atoms with Crippen molar-refractivity contribution in [1.29, 1.82) is 0 Å². The number of benzene rings is 2. The molecule has 158 valence electrons. The first-order valence-corrected chi connectivity index (χ1v) is 10.8. The molecule has 2 aliphatic rings. The molecule has 0 spiro atoms. The number of methoxy groups -OCH3 is 1. The molecule has 6 nitrogen and oxygen atoms in total. The summed E-state index contributed by atoms with van der Waals surface area (Å²) in [5.41, 5.74) is 3.83. The number of ketones is 1. The predicted molar refractivity (Wildman–Crippen MR) is 121 cm³/mol. The van der Waals surface area contributed by atoms with E-state index in [1.807, 2.05) is 30.3 Å². The van der Waals surface area contributed by atoms with Crippen molar-refractivity contribution in [3.63, 3.8) is 0 Å². The molecule has 6 heteroatoms. The summed E-state index contributed by atoms with van der Waals surface area (Å²) in [5, 5.41) is 0.